The van der Waals surface area contributed by atoms with E-state index in [1.54, 1.807) is 0 Å². The van der Waals surface area contributed by atoms with Crippen LogP contribution in [-0.2, 0) is 9.53 Å². The fraction of sp³-hybridized carbons (Fsp3) is 0.632. The molecule has 1 saturated heterocycles. The van der Waals surface area contributed by atoms with Gasteiger partial charge in [0, 0.05) is 44.5 Å². The first-order chi connectivity index (χ1) is 12.7. The molecule has 8 heteroatoms. The maximum absolute atomic E-state index is 12.0. The molecule has 1 aromatic rings. The Morgan fingerprint density at radius 2 is 1.96 bits per heavy atom. The normalized spacial score (nSPS) is 17.0. The summed E-state index contributed by atoms with van der Waals surface area (Å²) in [7, 11) is 0. The van der Waals surface area contributed by atoms with Gasteiger partial charge in [0.25, 0.3) is 0 Å². The second kappa shape index (κ2) is 9.94. The van der Waals surface area contributed by atoms with Crippen molar-refractivity contribution in [3.05, 3.63) is 29.8 Å². The third-order valence-electron chi connectivity index (χ3n) is 4.52. The highest BCUT2D eigenvalue weighted by molar-refractivity contribution is 5.77. The molecule has 1 heterocycles. The third-order valence-corrected chi connectivity index (χ3v) is 4.52. The van der Waals surface area contributed by atoms with Gasteiger partial charge in [0.1, 0.15) is 13.2 Å². The number of benzene rings is 1. The molecule has 1 amide bonds. The molecular formula is C19H28F3N3O2. The Hall–Kier alpha value is -1.80. The van der Waals surface area contributed by atoms with Crippen LogP contribution < -0.4 is 10.2 Å². The third kappa shape index (κ3) is 8.17. The van der Waals surface area contributed by atoms with E-state index in [1.165, 1.54) is 11.3 Å². The fourth-order valence-corrected chi connectivity index (χ4v) is 3.08. The molecule has 152 valence electrons. The molecule has 27 heavy (non-hydrogen) atoms. The molecule has 2 rings (SSSR count). The molecule has 1 unspecified atom stereocenters. The molecule has 0 aliphatic carbocycles. The average molecular weight is 387 g/mol. The number of ether oxygens (including phenoxy) is 1. The lowest BCUT2D eigenvalue weighted by Gasteiger charge is -2.36. The minimum atomic E-state index is -4.41. The molecule has 1 fully saturated rings. The first-order valence-electron chi connectivity index (χ1n) is 9.21. The smallest absolute Gasteiger partial charge is 0.369 e. The maximum atomic E-state index is 12.0. The molecule has 0 bridgehead atoms. The van der Waals surface area contributed by atoms with Crippen molar-refractivity contribution in [1.29, 1.82) is 0 Å². The van der Waals surface area contributed by atoms with Gasteiger partial charge in [-0.2, -0.15) is 13.2 Å². The summed E-state index contributed by atoms with van der Waals surface area (Å²) in [6.07, 6.45) is -3.66. The van der Waals surface area contributed by atoms with E-state index in [1.807, 2.05) is 6.92 Å². The van der Waals surface area contributed by atoms with Crippen LogP contribution >= 0.6 is 0 Å². The van der Waals surface area contributed by atoms with E-state index in [-0.39, 0.29) is 6.04 Å². The van der Waals surface area contributed by atoms with Crippen LogP contribution in [0.2, 0.25) is 0 Å². The summed E-state index contributed by atoms with van der Waals surface area (Å²) < 4.78 is 40.3. The number of hydrogen-bond acceptors (Lipinski definition) is 4. The molecule has 5 nitrogen and oxygen atoms in total. The van der Waals surface area contributed by atoms with Gasteiger partial charge in [-0.1, -0.05) is 12.1 Å². The number of aryl methyl sites for hydroxylation is 1. The number of nitrogens with zero attached hydrogens (tertiary/aromatic N) is 2. The number of rotatable bonds is 8. The Balaban J connectivity index is 1.62. The molecule has 0 aromatic heterocycles. The van der Waals surface area contributed by atoms with Crippen LogP contribution in [0.1, 0.15) is 18.9 Å². The number of piperazine rings is 1. The van der Waals surface area contributed by atoms with Crippen LogP contribution in [0.4, 0.5) is 18.9 Å². The number of hydrogen-bond donors (Lipinski definition) is 1. The molecule has 0 saturated carbocycles. The van der Waals surface area contributed by atoms with Gasteiger partial charge in [-0.15, -0.1) is 0 Å². The molecule has 1 N–H and O–H groups in total. The van der Waals surface area contributed by atoms with Gasteiger partial charge in [-0.25, -0.2) is 0 Å². The summed E-state index contributed by atoms with van der Waals surface area (Å²) in [6.45, 7) is 6.61. The zero-order chi connectivity index (χ0) is 19.9. The molecule has 1 aliphatic rings. The van der Waals surface area contributed by atoms with Gasteiger partial charge < -0.3 is 15.0 Å². The van der Waals surface area contributed by atoms with Crippen LogP contribution in [0.25, 0.3) is 0 Å². The monoisotopic (exact) mass is 387 g/mol. The van der Waals surface area contributed by atoms with E-state index < -0.39 is 25.3 Å². The predicted molar refractivity (Wildman–Crippen MR) is 98.9 cm³/mol. The van der Waals surface area contributed by atoms with E-state index in [9.17, 15) is 18.0 Å². The molecule has 0 radical (unpaired) electrons. The van der Waals surface area contributed by atoms with E-state index in [0.717, 1.165) is 39.1 Å². The number of anilines is 1. The summed E-state index contributed by atoms with van der Waals surface area (Å²) in [5, 5.41) is 2.68. The zero-order valence-electron chi connectivity index (χ0n) is 15.9. The van der Waals surface area contributed by atoms with Crippen molar-refractivity contribution in [1.82, 2.24) is 10.2 Å². The minimum absolute atomic E-state index is 0.109. The molecule has 0 spiro atoms. The largest absolute Gasteiger partial charge is 0.411 e. The number of carbonyl (C=O) groups excluding carboxylic acids is 1. The summed E-state index contributed by atoms with van der Waals surface area (Å²) in [6, 6.07) is 8.36. The van der Waals surface area contributed by atoms with E-state index >= 15 is 0 Å². The van der Waals surface area contributed by atoms with Crippen LogP contribution in [0.15, 0.2) is 24.3 Å². The van der Waals surface area contributed by atoms with E-state index in [2.05, 4.69) is 51.0 Å². The van der Waals surface area contributed by atoms with Crippen molar-refractivity contribution in [2.45, 2.75) is 32.5 Å². The summed E-state index contributed by atoms with van der Waals surface area (Å²) in [4.78, 5) is 16.3. The first kappa shape index (κ1) is 21.5. The highest BCUT2D eigenvalue weighted by Gasteiger charge is 2.27. The van der Waals surface area contributed by atoms with Crippen molar-refractivity contribution in [2.75, 3.05) is 50.8 Å². The van der Waals surface area contributed by atoms with Gasteiger partial charge in [-0.05, 0) is 38.0 Å². The van der Waals surface area contributed by atoms with Crippen molar-refractivity contribution in [3.8, 4) is 0 Å². The van der Waals surface area contributed by atoms with Gasteiger partial charge in [-0.3, -0.25) is 9.69 Å². The molecule has 1 aromatic carbocycles. The number of amides is 1. The van der Waals surface area contributed by atoms with Crippen molar-refractivity contribution >= 4 is 11.6 Å². The van der Waals surface area contributed by atoms with Gasteiger partial charge in [0.15, 0.2) is 0 Å². The molecular weight excluding hydrogens is 359 g/mol. The zero-order valence-corrected chi connectivity index (χ0v) is 15.9. The summed E-state index contributed by atoms with van der Waals surface area (Å²) in [5.74, 6) is -0.518. The Morgan fingerprint density at radius 1 is 1.26 bits per heavy atom. The van der Waals surface area contributed by atoms with Crippen molar-refractivity contribution in [2.24, 2.45) is 0 Å². The standard InChI is InChI=1S/C19H28F3N3O2/c1-15-4-3-5-17(12-15)25-10-8-24(9-11-25)7-6-16(2)23-18(26)13-27-14-19(20,21)22/h3-5,12,16H,6-11,13-14H2,1-2H3,(H,23,26). The van der Waals surface area contributed by atoms with Crippen LogP contribution in [0, 0.1) is 6.92 Å². The summed E-state index contributed by atoms with van der Waals surface area (Å²) in [5.41, 5.74) is 2.49. The van der Waals surface area contributed by atoms with Crippen LogP contribution in [-0.4, -0.2) is 69.0 Å². The van der Waals surface area contributed by atoms with Gasteiger partial charge in [0.2, 0.25) is 5.91 Å². The number of nitrogens with one attached hydrogen (secondary N) is 1. The Morgan fingerprint density at radius 3 is 2.59 bits per heavy atom. The van der Waals surface area contributed by atoms with Gasteiger partial charge >= 0.3 is 6.18 Å². The second-order valence-electron chi connectivity index (χ2n) is 7.03. The second-order valence-corrected chi connectivity index (χ2v) is 7.03. The highest BCUT2D eigenvalue weighted by Crippen LogP contribution is 2.18. The topological polar surface area (TPSA) is 44.8 Å². The highest BCUT2D eigenvalue weighted by atomic mass is 19.4. The first-order valence-corrected chi connectivity index (χ1v) is 9.21. The van der Waals surface area contributed by atoms with Gasteiger partial charge in [0.05, 0.1) is 0 Å². The lowest BCUT2D eigenvalue weighted by atomic mass is 10.1. The van der Waals surface area contributed by atoms with Crippen molar-refractivity contribution in [3.63, 3.8) is 0 Å². The Labute approximate surface area is 158 Å². The molecule has 1 atom stereocenters. The number of carbonyl (C=O) groups is 1. The fourth-order valence-electron chi connectivity index (χ4n) is 3.08. The average Bonchev–Trinajstić information content (AvgIpc) is 2.59. The Kier molecular flexibility index (Phi) is 7.91. The quantitative estimate of drug-likeness (QED) is 0.745. The van der Waals surface area contributed by atoms with Crippen LogP contribution in [0.5, 0.6) is 0 Å². The maximum Gasteiger partial charge on any atom is 0.411 e. The lowest BCUT2D eigenvalue weighted by molar-refractivity contribution is -0.175. The van der Waals surface area contributed by atoms with E-state index in [4.69, 9.17) is 0 Å². The van der Waals surface area contributed by atoms with Crippen LogP contribution in [0.3, 0.4) is 0 Å². The minimum Gasteiger partial charge on any atom is -0.369 e. The number of halogens is 3. The molecule has 1 aliphatic heterocycles. The Bertz CT molecular complexity index is 602. The number of alkyl halides is 3. The van der Waals surface area contributed by atoms with Crippen molar-refractivity contribution < 1.29 is 22.7 Å². The van der Waals surface area contributed by atoms with E-state index in [0.29, 0.717) is 0 Å². The summed E-state index contributed by atoms with van der Waals surface area (Å²) >= 11 is 0. The SMILES string of the molecule is Cc1cccc(N2CCN(CCC(C)NC(=O)COCC(F)(F)F)CC2)c1. The lowest BCUT2D eigenvalue weighted by Crippen LogP contribution is -2.47. The predicted octanol–water partition coefficient (Wildman–Crippen LogP) is 2.59.